The van der Waals surface area contributed by atoms with Crippen LogP contribution in [0.3, 0.4) is 0 Å². The molecule has 1 rings (SSSR count). The topological polar surface area (TPSA) is 12.0 Å². The molecule has 0 aromatic rings. The van der Waals surface area contributed by atoms with Crippen molar-refractivity contribution in [1.29, 1.82) is 0 Å². The van der Waals surface area contributed by atoms with Crippen molar-refractivity contribution in [2.75, 3.05) is 13.1 Å². The van der Waals surface area contributed by atoms with Gasteiger partial charge in [0, 0.05) is 0 Å². The number of hydrogen-bond acceptors (Lipinski definition) is 1. The van der Waals surface area contributed by atoms with E-state index in [0.717, 1.165) is 5.92 Å². The molecule has 1 aliphatic heterocycles. The summed E-state index contributed by atoms with van der Waals surface area (Å²) in [6, 6.07) is 0. The maximum absolute atomic E-state index is 3.47. The summed E-state index contributed by atoms with van der Waals surface area (Å²) in [5.41, 5.74) is 0.525. The highest BCUT2D eigenvalue weighted by atomic mass is 14.9. The Morgan fingerprint density at radius 1 is 1.33 bits per heavy atom. The highest BCUT2D eigenvalue weighted by Gasteiger charge is 2.16. The molecule has 0 spiro atoms. The summed E-state index contributed by atoms with van der Waals surface area (Å²) in [4.78, 5) is 0. The fraction of sp³-hybridized carbons (Fsp3) is 1.00. The van der Waals surface area contributed by atoms with E-state index in [0.29, 0.717) is 5.41 Å². The summed E-state index contributed by atoms with van der Waals surface area (Å²) in [5, 5.41) is 3.47. The number of nitrogens with one attached hydrogen (secondary N) is 1. The van der Waals surface area contributed by atoms with Gasteiger partial charge in [-0.25, -0.2) is 0 Å². The van der Waals surface area contributed by atoms with E-state index in [2.05, 4.69) is 26.1 Å². The highest BCUT2D eigenvalue weighted by molar-refractivity contribution is 4.72. The van der Waals surface area contributed by atoms with E-state index >= 15 is 0 Å². The molecule has 1 nitrogen and oxygen atoms in total. The molecule has 0 aromatic carbocycles. The number of rotatable bonds is 2. The van der Waals surface area contributed by atoms with Crippen LogP contribution in [0.4, 0.5) is 0 Å². The molecule has 72 valence electrons. The molecule has 0 bridgehead atoms. The molecule has 0 radical (unpaired) electrons. The molecule has 0 saturated carbocycles. The van der Waals surface area contributed by atoms with Crippen molar-refractivity contribution in [2.45, 2.75) is 46.5 Å². The molecule has 1 fully saturated rings. The SMILES string of the molecule is CC(C)(C)CC[C@@H]1CCCNC1. The molecule has 1 heteroatoms. The highest BCUT2D eigenvalue weighted by Crippen LogP contribution is 2.26. The summed E-state index contributed by atoms with van der Waals surface area (Å²) in [6.07, 6.45) is 5.62. The van der Waals surface area contributed by atoms with Crippen LogP contribution in [-0.4, -0.2) is 13.1 Å². The Morgan fingerprint density at radius 3 is 2.58 bits per heavy atom. The minimum Gasteiger partial charge on any atom is -0.316 e. The van der Waals surface area contributed by atoms with Gasteiger partial charge < -0.3 is 5.32 Å². The first-order valence-corrected chi connectivity index (χ1v) is 5.29. The molecule has 0 amide bonds. The Kier molecular flexibility index (Phi) is 3.57. The second-order valence-electron chi connectivity index (χ2n) is 5.31. The number of piperidine rings is 1. The van der Waals surface area contributed by atoms with E-state index < -0.39 is 0 Å². The molecule has 0 aliphatic carbocycles. The van der Waals surface area contributed by atoms with E-state index in [1.165, 1.54) is 38.8 Å². The van der Waals surface area contributed by atoms with Crippen LogP contribution in [0.25, 0.3) is 0 Å². The monoisotopic (exact) mass is 169 g/mol. The maximum atomic E-state index is 3.47. The first kappa shape index (κ1) is 10.0. The standard InChI is InChI=1S/C11H23N/c1-11(2,3)7-6-10-5-4-8-12-9-10/h10,12H,4-9H2,1-3H3/t10-/m0/s1. The van der Waals surface area contributed by atoms with Gasteiger partial charge in [0.1, 0.15) is 0 Å². The molecule has 1 aliphatic rings. The van der Waals surface area contributed by atoms with Crippen LogP contribution in [0, 0.1) is 11.3 Å². The molecule has 1 saturated heterocycles. The van der Waals surface area contributed by atoms with Crippen molar-refractivity contribution < 1.29 is 0 Å². The van der Waals surface area contributed by atoms with Crippen molar-refractivity contribution in [3.05, 3.63) is 0 Å². The van der Waals surface area contributed by atoms with Gasteiger partial charge >= 0.3 is 0 Å². The summed E-state index contributed by atoms with van der Waals surface area (Å²) in [7, 11) is 0. The first-order valence-electron chi connectivity index (χ1n) is 5.29. The Labute approximate surface area is 76.9 Å². The van der Waals surface area contributed by atoms with Gasteiger partial charge in [0.25, 0.3) is 0 Å². The second-order valence-corrected chi connectivity index (χ2v) is 5.31. The first-order chi connectivity index (χ1) is 5.58. The average molecular weight is 169 g/mol. The van der Waals surface area contributed by atoms with E-state index in [-0.39, 0.29) is 0 Å². The third-order valence-electron chi connectivity index (χ3n) is 2.70. The van der Waals surface area contributed by atoms with Gasteiger partial charge in [0.2, 0.25) is 0 Å². The summed E-state index contributed by atoms with van der Waals surface area (Å²) >= 11 is 0. The van der Waals surface area contributed by atoms with E-state index in [9.17, 15) is 0 Å². The van der Waals surface area contributed by atoms with Gasteiger partial charge in [-0.2, -0.15) is 0 Å². The third-order valence-corrected chi connectivity index (χ3v) is 2.70. The molecule has 1 atom stereocenters. The van der Waals surface area contributed by atoms with Crippen LogP contribution >= 0.6 is 0 Å². The maximum Gasteiger partial charge on any atom is -0.00205 e. The van der Waals surface area contributed by atoms with Crippen molar-refractivity contribution in [3.63, 3.8) is 0 Å². The van der Waals surface area contributed by atoms with E-state index in [1.807, 2.05) is 0 Å². The Morgan fingerprint density at radius 2 is 2.08 bits per heavy atom. The smallest absolute Gasteiger partial charge is 0.00205 e. The second kappa shape index (κ2) is 4.27. The predicted octanol–water partition coefficient (Wildman–Crippen LogP) is 2.81. The molecule has 12 heavy (non-hydrogen) atoms. The molecule has 1 N–H and O–H groups in total. The lowest BCUT2D eigenvalue weighted by Crippen LogP contribution is -2.30. The van der Waals surface area contributed by atoms with Crippen molar-refractivity contribution in [3.8, 4) is 0 Å². The molecule has 1 heterocycles. The zero-order chi connectivity index (χ0) is 9.03. The van der Waals surface area contributed by atoms with Crippen molar-refractivity contribution >= 4 is 0 Å². The fourth-order valence-corrected chi connectivity index (χ4v) is 1.81. The summed E-state index contributed by atoms with van der Waals surface area (Å²) < 4.78 is 0. The largest absolute Gasteiger partial charge is 0.316 e. The lowest BCUT2D eigenvalue weighted by atomic mass is 9.84. The van der Waals surface area contributed by atoms with Crippen LogP contribution in [0.15, 0.2) is 0 Å². The number of hydrogen-bond donors (Lipinski definition) is 1. The van der Waals surface area contributed by atoms with Gasteiger partial charge in [0.15, 0.2) is 0 Å². The zero-order valence-electron chi connectivity index (χ0n) is 8.82. The predicted molar refractivity (Wildman–Crippen MR) is 54.3 cm³/mol. The minimum absolute atomic E-state index is 0.525. The van der Waals surface area contributed by atoms with E-state index in [1.54, 1.807) is 0 Å². The summed E-state index contributed by atoms with van der Waals surface area (Å²) in [5.74, 6) is 0.956. The van der Waals surface area contributed by atoms with Crippen LogP contribution in [0.1, 0.15) is 46.5 Å². The Bertz CT molecular complexity index is 117. The third kappa shape index (κ3) is 4.10. The normalized spacial score (nSPS) is 25.8. The van der Waals surface area contributed by atoms with Crippen molar-refractivity contribution in [1.82, 2.24) is 5.32 Å². The van der Waals surface area contributed by atoms with Crippen LogP contribution < -0.4 is 5.32 Å². The molecular weight excluding hydrogens is 146 g/mol. The van der Waals surface area contributed by atoms with E-state index in [4.69, 9.17) is 0 Å². The Balaban J connectivity index is 2.13. The van der Waals surface area contributed by atoms with Crippen LogP contribution in [0.2, 0.25) is 0 Å². The Hall–Kier alpha value is -0.0400. The summed E-state index contributed by atoms with van der Waals surface area (Å²) in [6.45, 7) is 9.51. The lowest BCUT2D eigenvalue weighted by Gasteiger charge is -2.26. The fourth-order valence-electron chi connectivity index (χ4n) is 1.81. The lowest BCUT2D eigenvalue weighted by molar-refractivity contribution is 0.285. The minimum atomic E-state index is 0.525. The van der Waals surface area contributed by atoms with Crippen LogP contribution in [0.5, 0.6) is 0 Å². The van der Waals surface area contributed by atoms with Crippen LogP contribution in [-0.2, 0) is 0 Å². The average Bonchev–Trinajstić information content (AvgIpc) is 2.02. The quantitative estimate of drug-likeness (QED) is 0.670. The van der Waals surface area contributed by atoms with Gasteiger partial charge in [-0.3, -0.25) is 0 Å². The van der Waals surface area contributed by atoms with Gasteiger partial charge in [-0.15, -0.1) is 0 Å². The molecular formula is C11H23N. The van der Waals surface area contributed by atoms with Gasteiger partial charge in [-0.05, 0) is 50.1 Å². The zero-order valence-corrected chi connectivity index (χ0v) is 8.82. The van der Waals surface area contributed by atoms with Gasteiger partial charge in [-0.1, -0.05) is 20.8 Å². The molecule has 0 unspecified atom stereocenters. The van der Waals surface area contributed by atoms with Gasteiger partial charge in [0.05, 0.1) is 0 Å². The van der Waals surface area contributed by atoms with Crippen molar-refractivity contribution in [2.24, 2.45) is 11.3 Å². The molecule has 0 aromatic heterocycles.